The average Bonchev–Trinajstić information content (AvgIpc) is 1.50. The van der Waals surface area contributed by atoms with Crippen LogP contribution in [0.15, 0.2) is 0 Å². The fourth-order valence-corrected chi connectivity index (χ4v) is 21.9. The summed E-state index contributed by atoms with van der Waals surface area (Å²) in [5.74, 6) is 0. The van der Waals surface area contributed by atoms with Gasteiger partial charge in [-0.3, -0.25) is 0 Å². The Hall–Kier alpha value is -5.59. The normalized spacial score (nSPS) is 13.1. The summed E-state index contributed by atoms with van der Waals surface area (Å²) in [7, 11) is 83.6. The fourth-order valence-electron chi connectivity index (χ4n) is 21.9. The Morgan fingerprint density at radius 2 is 0.263 bits per heavy atom. The summed E-state index contributed by atoms with van der Waals surface area (Å²) >= 11 is 0. The monoisotopic (exact) mass is 1170 g/mol. The lowest BCUT2D eigenvalue weighted by Gasteiger charge is -2.39. The molecule has 0 bridgehead atoms. The van der Waals surface area contributed by atoms with Gasteiger partial charge in [-0.1, -0.05) is 153 Å². The first-order chi connectivity index (χ1) is 44.5. The van der Waals surface area contributed by atoms with Gasteiger partial charge < -0.3 is 0 Å². The minimum atomic E-state index is -0.678. The second-order valence-electron chi connectivity index (χ2n) is 31.8. The summed E-state index contributed by atoms with van der Waals surface area (Å²) in [5, 5.41) is 20.4. The van der Waals surface area contributed by atoms with Crippen LogP contribution in [0.4, 0.5) is 0 Å². The molecule has 13 aromatic rings. The highest BCUT2D eigenvalue weighted by Gasteiger charge is 2.57. The highest BCUT2D eigenvalue weighted by atomic mass is 14.6. The molecule has 0 atom stereocenters. The summed E-state index contributed by atoms with van der Waals surface area (Å²) < 4.78 is 0. The van der Waals surface area contributed by atoms with Gasteiger partial charge in [0.15, 0.2) is 0 Å². The van der Waals surface area contributed by atoms with Crippen LogP contribution in [0.3, 0.4) is 0 Å². The molecular weight excluding hydrogens is 1100 g/mol. The second kappa shape index (κ2) is 20.8. The first kappa shape index (κ1) is 65.4. The van der Waals surface area contributed by atoms with E-state index in [-0.39, 0.29) is 0 Å². The molecule has 414 valence electrons. The lowest BCUT2D eigenvalue weighted by Crippen LogP contribution is -2.54. The molecule has 13 aromatic carbocycles. The maximum Gasteiger partial charge on any atom is 0.140 e. The topological polar surface area (TPSA) is 0 Å². The molecule has 0 saturated heterocycles. The van der Waals surface area contributed by atoms with Gasteiger partial charge in [0.25, 0.3) is 0 Å². The summed E-state index contributed by atoms with van der Waals surface area (Å²) in [4.78, 5) is 0. The Bertz CT molecular complexity index is 5950. The minimum Gasteiger partial charge on any atom is -0.101 e. The standard InChI is InChI=1S/C61H68B34/c62-27-20(7-5-1-3-16(40(75)29(5)64)49(84)55(90)51(86)18(3)44(79)42(77)14(1)38(73)31(7)66)46(81)35(70)13-22(27)48(83)33(68)9-10-24(61(23(9)13)25-11(36(71)57(92)59(94)53(25)88)12-26(61)54(89)60(95)58(93)37(12)72)28(63)21(47(82)34(10)69)8-6-2-4-17(41(76)30(6)65)50(85)56(91)52(87)19(4)45(80)43(78)15(2)39(74)32(8)67/h62-95H2. The van der Waals surface area contributed by atoms with Crippen molar-refractivity contribution in [3.05, 3.63) is 22.3 Å². The molecule has 0 nitrogen and oxygen atoms in total. The molecule has 0 aliphatic heterocycles. The molecule has 34 heteroatoms. The van der Waals surface area contributed by atoms with Crippen molar-refractivity contribution in [1.29, 1.82) is 0 Å². The van der Waals surface area contributed by atoms with Gasteiger partial charge in [-0.05, 0) is 142 Å². The minimum absolute atomic E-state index is 0.678. The van der Waals surface area contributed by atoms with Crippen LogP contribution in [0, 0.1) is 0 Å². The number of fused-ring (bicyclic) bond motifs is 12. The van der Waals surface area contributed by atoms with Gasteiger partial charge in [-0.2, -0.15) is 0 Å². The Balaban J connectivity index is 1.19. The van der Waals surface area contributed by atoms with E-state index in [9.17, 15) is 0 Å². The molecule has 0 N–H and O–H groups in total. The van der Waals surface area contributed by atoms with Crippen LogP contribution in [-0.4, -0.2) is 267 Å². The number of hydrogen-bond acceptors (Lipinski definition) is 0. The Labute approximate surface area is 595 Å². The van der Waals surface area contributed by atoms with Crippen molar-refractivity contribution in [3.8, 4) is 44.5 Å². The van der Waals surface area contributed by atoms with Gasteiger partial charge in [0, 0.05) is 0 Å². The van der Waals surface area contributed by atoms with E-state index in [0.717, 1.165) is 0 Å². The van der Waals surface area contributed by atoms with Crippen molar-refractivity contribution in [3.63, 3.8) is 0 Å². The van der Waals surface area contributed by atoms with Crippen molar-refractivity contribution in [1.82, 2.24) is 0 Å². The molecule has 15 rings (SSSR count). The zero-order valence-electron chi connectivity index (χ0n) is 64.5. The van der Waals surface area contributed by atoms with E-state index in [1.807, 2.05) is 0 Å². The zero-order chi connectivity index (χ0) is 69.1. The van der Waals surface area contributed by atoms with Gasteiger partial charge in [-0.15, -0.1) is 32.8 Å². The van der Waals surface area contributed by atoms with E-state index in [4.69, 9.17) is 0 Å². The molecule has 0 fully saturated rings. The molecule has 0 unspecified atom stereocenters. The summed E-state index contributed by atoms with van der Waals surface area (Å²) in [6, 6.07) is 0. The molecule has 0 heterocycles. The van der Waals surface area contributed by atoms with Crippen LogP contribution >= 0.6 is 0 Å². The summed E-state index contributed by atoms with van der Waals surface area (Å²) in [6.07, 6.45) is 0. The van der Waals surface area contributed by atoms with E-state index < -0.39 is 5.41 Å². The molecule has 0 saturated carbocycles. The van der Waals surface area contributed by atoms with Crippen LogP contribution in [-0.2, 0) is 5.41 Å². The van der Waals surface area contributed by atoms with Crippen LogP contribution < -0.4 is 186 Å². The zero-order valence-corrected chi connectivity index (χ0v) is 64.5. The predicted octanol–water partition coefficient (Wildman–Crippen LogP) is -42.9. The molecule has 0 aromatic heterocycles. The smallest absolute Gasteiger partial charge is 0.101 e. The largest absolute Gasteiger partial charge is 0.140 e. The molecule has 0 radical (unpaired) electrons. The third kappa shape index (κ3) is 7.22. The first-order valence-electron chi connectivity index (χ1n) is 35.8. The first-order valence-corrected chi connectivity index (χ1v) is 35.8. The Kier molecular flexibility index (Phi) is 14.3. The summed E-state index contributed by atoms with van der Waals surface area (Å²) in [6.45, 7) is 0. The third-order valence-corrected chi connectivity index (χ3v) is 28.9. The highest BCUT2D eigenvalue weighted by molar-refractivity contribution is 6.80. The lowest BCUT2D eigenvalue weighted by molar-refractivity contribution is 0.821. The maximum absolute atomic E-state index is 2.60. The van der Waals surface area contributed by atoms with Crippen LogP contribution in [0.5, 0.6) is 0 Å². The van der Waals surface area contributed by atoms with Gasteiger partial charge in [0.1, 0.15) is 267 Å². The SMILES string of the molecule is Bc1c(B)c(B)c2c(c1B)-c1c(B)c(B)c(B)c(B)c1C21c2c(B)c(-c3c(B)c(B)c4c(B)c(B)c5c(B)c(B)c(B)c6c(B)c(B)c3c4c56)c(B)c(B)c2-c2c(B)c(B)c3c(B)c(-c4c(B)c(B)c5c(B)c(B)c6c(B)c(B)c(B)c7c(B)c(B)c4c5c67)c(B)c(B)c3c21. The molecule has 1 spiro atoms. The van der Waals surface area contributed by atoms with E-state index in [0.29, 0.717) is 0 Å². The lowest BCUT2D eigenvalue weighted by atomic mass is 9.53. The Morgan fingerprint density at radius 1 is 0.0947 bits per heavy atom. The van der Waals surface area contributed by atoms with Crippen LogP contribution in [0.2, 0.25) is 0 Å². The number of hydrogen-bond donors (Lipinski definition) is 0. The van der Waals surface area contributed by atoms with Crippen molar-refractivity contribution in [2.75, 3.05) is 0 Å². The molecular formula is C61H68B34. The highest BCUT2D eigenvalue weighted by Crippen LogP contribution is 2.61. The number of benzene rings is 13. The van der Waals surface area contributed by atoms with Gasteiger partial charge >= 0.3 is 0 Å². The fraction of sp³-hybridized carbons (Fsp3) is 0.0164. The Morgan fingerprint density at radius 3 is 0.600 bits per heavy atom. The maximum atomic E-state index is 2.60. The third-order valence-electron chi connectivity index (χ3n) is 28.9. The summed E-state index contributed by atoms with van der Waals surface area (Å²) in [5.41, 5.74) is 65.3. The van der Waals surface area contributed by atoms with E-state index in [1.165, 1.54) is 328 Å². The van der Waals surface area contributed by atoms with E-state index in [1.54, 1.807) is 0 Å². The van der Waals surface area contributed by atoms with Gasteiger partial charge in [-0.25, -0.2) is 0 Å². The molecule has 95 heavy (non-hydrogen) atoms. The second-order valence-corrected chi connectivity index (χ2v) is 31.8. The van der Waals surface area contributed by atoms with Crippen molar-refractivity contribution in [2.24, 2.45) is 0 Å². The average molecular weight is 1170 g/mol. The van der Waals surface area contributed by atoms with Crippen molar-refractivity contribution < 1.29 is 0 Å². The predicted molar refractivity (Wildman–Crippen MR) is 537 cm³/mol. The van der Waals surface area contributed by atoms with Gasteiger partial charge in [0.05, 0.1) is 5.41 Å². The molecule has 2 aliphatic rings. The van der Waals surface area contributed by atoms with Crippen LogP contribution in [0.25, 0.3) is 120 Å². The van der Waals surface area contributed by atoms with Crippen molar-refractivity contribution >= 4 is 528 Å². The van der Waals surface area contributed by atoms with Crippen molar-refractivity contribution in [2.45, 2.75) is 5.41 Å². The molecule has 0 amide bonds. The van der Waals surface area contributed by atoms with E-state index >= 15 is 0 Å². The number of rotatable bonds is 2. The molecule has 2 aliphatic carbocycles. The quantitative estimate of drug-likeness (QED) is 0.120. The van der Waals surface area contributed by atoms with Crippen LogP contribution in [0.1, 0.15) is 22.3 Å². The van der Waals surface area contributed by atoms with E-state index in [2.05, 4.69) is 267 Å². The van der Waals surface area contributed by atoms with Gasteiger partial charge in [0.2, 0.25) is 0 Å².